The Morgan fingerprint density at radius 2 is 1.34 bits per heavy atom. The first-order valence-electron chi connectivity index (χ1n) is 18.7. The van der Waals surface area contributed by atoms with Gasteiger partial charge < -0.3 is 19.5 Å². The van der Waals surface area contributed by atoms with Crippen molar-refractivity contribution in [3.63, 3.8) is 0 Å². The number of carbonyl (C=O) groups is 1. The number of hydrogen-bond donors (Lipinski definition) is 2. The third-order valence-corrected chi connectivity index (χ3v) is 10.3. The molecular weight excluding hydrogens is 729 g/mol. The molecular formula is C43H52N6O6S. The molecule has 0 bridgehead atoms. The van der Waals surface area contributed by atoms with Gasteiger partial charge in [-0.3, -0.25) is 9.52 Å². The molecule has 5 rings (SSSR count). The second-order valence-corrected chi connectivity index (χ2v) is 17.1. The summed E-state index contributed by atoms with van der Waals surface area (Å²) in [6.45, 7) is 18.2. The van der Waals surface area contributed by atoms with Gasteiger partial charge in [0, 0.05) is 17.1 Å². The summed E-state index contributed by atoms with van der Waals surface area (Å²) < 4.78 is 49.0. The lowest BCUT2D eigenvalue weighted by Crippen LogP contribution is -2.19. The number of rotatable bonds is 15. The molecule has 0 atom stereocenters. The van der Waals surface area contributed by atoms with Crippen molar-refractivity contribution in [2.24, 2.45) is 0 Å². The summed E-state index contributed by atoms with van der Waals surface area (Å²) in [5, 5.41) is 2.98. The fourth-order valence-electron chi connectivity index (χ4n) is 5.67. The fraction of sp³-hybridized carbons (Fsp3) is 0.372. The van der Waals surface area contributed by atoms with Gasteiger partial charge >= 0.3 is 0 Å². The van der Waals surface area contributed by atoms with Crippen molar-refractivity contribution < 1.29 is 27.4 Å². The average molecular weight is 781 g/mol. The molecule has 0 spiro atoms. The molecule has 296 valence electrons. The van der Waals surface area contributed by atoms with E-state index in [2.05, 4.69) is 44.7 Å². The highest BCUT2D eigenvalue weighted by Gasteiger charge is 2.27. The second kappa shape index (κ2) is 17.5. The summed E-state index contributed by atoms with van der Waals surface area (Å²) in [5.74, 6) is 0.274. The van der Waals surface area contributed by atoms with E-state index < -0.39 is 10.0 Å². The first kappa shape index (κ1) is 41.6. The van der Waals surface area contributed by atoms with Crippen LogP contribution in [0.2, 0.25) is 0 Å². The van der Waals surface area contributed by atoms with Gasteiger partial charge in [-0.25, -0.2) is 23.4 Å². The standard InChI is InChI=1S/C43H52N6O6S/c1-26(2)31-15-11-12-16-32(31)44-37(50)23-24-54-42-38(55-36-18-14-13-17-35(36)53-10)39(49-56(51,52)30-21-19-29(20-22-30)43(7,8)9)47-41(48-42)40-45-33(27(3)4)25-34(46-40)28(5)6/h11-22,25-28H,23-24H2,1-10H3,(H,44,50)(H,47,48,49). The van der Waals surface area contributed by atoms with E-state index in [4.69, 9.17) is 34.1 Å². The molecule has 0 aliphatic carbocycles. The normalized spacial score (nSPS) is 11.9. The van der Waals surface area contributed by atoms with Crippen LogP contribution < -0.4 is 24.2 Å². The summed E-state index contributed by atoms with van der Waals surface area (Å²) >= 11 is 0. The van der Waals surface area contributed by atoms with Crippen LogP contribution in [-0.4, -0.2) is 48.0 Å². The highest BCUT2D eigenvalue weighted by atomic mass is 32.2. The molecule has 1 amide bonds. The molecule has 13 heteroatoms. The monoisotopic (exact) mass is 780 g/mol. The Bertz CT molecular complexity index is 2240. The predicted molar refractivity (Wildman–Crippen MR) is 220 cm³/mol. The topological polar surface area (TPSA) is 155 Å². The third kappa shape index (κ3) is 10.2. The third-order valence-electron chi connectivity index (χ3n) is 8.95. The molecule has 2 aromatic heterocycles. The van der Waals surface area contributed by atoms with Crippen molar-refractivity contribution in [3.8, 4) is 34.8 Å². The molecule has 2 N–H and O–H groups in total. The number of carbonyl (C=O) groups excluding carboxylic acids is 1. The number of nitrogens with zero attached hydrogens (tertiary/aromatic N) is 4. The zero-order valence-corrected chi connectivity index (χ0v) is 34.6. The molecule has 0 unspecified atom stereocenters. The molecule has 0 saturated carbocycles. The van der Waals surface area contributed by atoms with Crippen LogP contribution >= 0.6 is 0 Å². The van der Waals surface area contributed by atoms with Crippen LogP contribution in [0.15, 0.2) is 83.8 Å². The Labute approximate surface area is 330 Å². The Kier molecular flexibility index (Phi) is 13.0. The maximum absolute atomic E-state index is 14.1. The molecule has 0 radical (unpaired) electrons. The van der Waals surface area contributed by atoms with Gasteiger partial charge in [-0.05, 0) is 70.7 Å². The van der Waals surface area contributed by atoms with Gasteiger partial charge in [0.25, 0.3) is 15.9 Å². The van der Waals surface area contributed by atoms with Crippen molar-refractivity contribution in [1.29, 1.82) is 0 Å². The minimum atomic E-state index is -4.26. The van der Waals surface area contributed by atoms with Crippen molar-refractivity contribution in [1.82, 2.24) is 19.9 Å². The van der Waals surface area contributed by atoms with Crippen molar-refractivity contribution in [2.75, 3.05) is 23.8 Å². The van der Waals surface area contributed by atoms with Crippen LogP contribution in [0.25, 0.3) is 11.6 Å². The SMILES string of the molecule is COc1ccccc1Oc1c(NS(=O)(=O)c2ccc(C(C)(C)C)cc2)nc(-c2nc(C(C)C)cc(C(C)C)n2)nc1OCCC(=O)Nc1ccccc1C(C)C. The number of aromatic nitrogens is 4. The van der Waals surface area contributed by atoms with Gasteiger partial charge in [0.15, 0.2) is 23.1 Å². The van der Waals surface area contributed by atoms with Crippen LogP contribution in [0.1, 0.15) is 109 Å². The maximum atomic E-state index is 14.1. The van der Waals surface area contributed by atoms with Crippen LogP contribution in [0, 0.1) is 0 Å². The first-order valence-corrected chi connectivity index (χ1v) is 20.2. The number of ether oxygens (including phenoxy) is 3. The van der Waals surface area contributed by atoms with Gasteiger partial charge in [-0.2, -0.15) is 4.98 Å². The number of methoxy groups -OCH3 is 1. The van der Waals surface area contributed by atoms with E-state index in [0.717, 1.165) is 22.5 Å². The predicted octanol–water partition coefficient (Wildman–Crippen LogP) is 9.61. The fourth-order valence-corrected chi connectivity index (χ4v) is 6.67. The molecule has 2 heterocycles. The minimum Gasteiger partial charge on any atom is -0.493 e. The summed E-state index contributed by atoms with van der Waals surface area (Å²) in [5.41, 5.74) is 4.03. The van der Waals surface area contributed by atoms with E-state index in [1.54, 1.807) is 48.5 Å². The van der Waals surface area contributed by atoms with Crippen LogP contribution in [0.5, 0.6) is 23.1 Å². The number of hydrogen-bond acceptors (Lipinski definition) is 10. The Morgan fingerprint density at radius 1 is 0.750 bits per heavy atom. The van der Waals surface area contributed by atoms with E-state index in [9.17, 15) is 13.2 Å². The van der Waals surface area contributed by atoms with Crippen LogP contribution in [0.4, 0.5) is 11.5 Å². The summed E-state index contributed by atoms with van der Waals surface area (Å²) in [7, 11) is -2.77. The molecule has 0 aliphatic rings. The summed E-state index contributed by atoms with van der Waals surface area (Å²) in [6, 6.07) is 23.1. The summed E-state index contributed by atoms with van der Waals surface area (Å²) in [6.07, 6.45) is -0.0577. The van der Waals surface area contributed by atoms with E-state index in [1.165, 1.54) is 7.11 Å². The van der Waals surface area contributed by atoms with Crippen molar-refractivity contribution in [2.45, 2.75) is 96.8 Å². The minimum absolute atomic E-state index is 0.00660. The van der Waals surface area contributed by atoms with E-state index >= 15 is 0 Å². The number of nitrogens with one attached hydrogen (secondary N) is 2. The summed E-state index contributed by atoms with van der Waals surface area (Å²) in [4.78, 5) is 32.2. The molecule has 5 aromatic rings. The smallest absolute Gasteiger partial charge is 0.263 e. The Morgan fingerprint density at radius 3 is 1.93 bits per heavy atom. The van der Waals surface area contributed by atoms with Gasteiger partial charge in [0.05, 0.1) is 25.0 Å². The molecule has 0 fully saturated rings. The second-order valence-electron chi connectivity index (χ2n) is 15.4. The Balaban J connectivity index is 1.63. The zero-order chi connectivity index (χ0) is 40.8. The van der Waals surface area contributed by atoms with Gasteiger partial charge in [-0.1, -0.05) is 105 Å². The average Bonchev–Trinajstić information content (AvgIpc) is 3.15. The highest BCUT2D eigenvalue weighted by Crippen LogP contribution is 2.42. The number of benzene rings is 3. The van der Waals surface area contributed by atoms with E-state index in [1.807, 2.05) is 58.0 Å². The van der Waals surface area contributed by atoms with Crippen LogP contribution in [-0.2, 0) is 20.2 Å². The van der Waals surface area contributed by atoms with Crippen molar-refractivity contribution >= 4 is 27.4 Å². The number of amides is 1. The van der Waals surface area contributed by atoms with Crippen LogP contribution in [0.3, 0.4) is 0 Å². The maximum Gasteiger partial charge on any atom is 0.263 e. The number of para-hydroxylation sites is 3. The van der Waals surface area contributed by atoms with Gasteiger partial charge in [0.2, 0.25) is 17.5 Å². The lowest BCUT2D eigenvalue weighted by Gasteiger charge is -2.20. The molecule has 0 aliphatic heterocycles. The van der Waals surface area contributed by atoms with E-state index in [-0.39, 0.29) is 81.8 Å². The molecule has 3 aromatic carbocycles. The number of sulfonamides is 1. The zero-order valence-electron chi connectivity index (χ0n) is 33.8. The molecule has 0 saturated heterocycles. The van der Waals surface area contributed by atoms with Crippen molar-refractivity contribution in [3.05, 3.63) is 101 Å². The van der Waals surface area contributed by atoms with Gasteiger partial charge in [0.1, 0.15) is 0 Å². The largest absolute Gasteiger partial charge is 0.493 e. The lowest BCUT2D eigenvalue weighted by atomic mass is 9.87. The van der Waals surface area contributed by atoms with Gasteiger partial charge in [-0.15, -0.1) is 0 Å². The molecule has 12 nitrogen and oxygen atoms in total. The van der Waals surface area contributed by atoms with E-state index in [0.29, 0.717) is 11.4 Å². The Hall–Kier alpha value is -5.56. The quantitative estimate of drug-likeness (QED) is 0.105. The number of anilines is 2. The highest BCUT2D eigenvalue weighted by molar-refractivity contribution is 7.92. The lowest BCUT2D eigenvalue weighted by molar-refractivity contribution is -0.116. The first-order chi connectivity index (χ1) is 26.5. The molecule has 56 heavy (non-hydrogen) atoms.